The average molecular weight is 259 g/mol. The molecule has 100 valence electrons. The van der Waals surface area contributed by atoms with Gasteiger partial charge in [-0.2, -0.15) is 0 Å². The molecule has 0 aliphatic rings. The van der Waals surface area contributed by atoms with Crippen LogP contribution >= 0.6 is 0 Å². The van der Waals surface area contributed by atoms with Gasteiger partial charge < -0.3 is 9.30 Å². The van der Waals surface area contributed by atoms with Crippen LogP contribution in [0, 0.1) is 5.92 Å². The van der Waals surface area contributed by atoms with Crippen molar-refractivity contribution in [2.24, 2.45) is 13.0 Å². The number of benzene rings is 1. The number of ketones is 1. The Hall–Kier alpha value is -2.10. The Balaban J connectivity index is 2.34. The van der Waals surface area contributed by atoms with Gasteiger partial charge in [-0.1, -0.05) is 25.1 Å². The van der Waals surface area contributed by atoms with Crippen LogP contribution in [0.25, 0.3) is 10.9 Å². The topological polar surface area (TPSA) is 48.3 Å². The summed E-state index contributed by atoms with van der Waals surface area (Å²) in [5, 5.41) is 0.923. The first-order valence-corrected chi connectivity index (χ1v) is 6.19. The Morgan fingerprint density at radius 1 is 1.32 bits per heavy atom. The molecular weight excluding hydrogens is 242 g/mol. The van der Waals surface area contributed by atoms with Crippen LogP contribution in [0.3, 0.4) is 0 Å². The highest BCUT2D eigenvalue weighted by molar-refractivity contribution is 6.09. The summed E-state index contributed by atoms with van der Waals surface area (Å²) in [7, 11) is 3.24. The number of para-hydroxylation sites is 1. The number of aryl methyl sites for hydroxylation is 1. The lowest BCUT2D eigenvalue weighted by Crippen LogP contribution is -2.16. The van der Waals surface area contributed by atoms with Crippen LogP contribution in [0.4, 0.5) is 0 Å². The maximum atomic E-state index is 12.4. The lowest BCUT2D eigenvalue weighted by Gasteiger charge is -2.08. The molecular formula is C15H17NO3. The van der Waals surface area contributed by atoms with E-state index in [0.29, 0.717) is 5.56 Å². The van der Waals surface area contributed by atoms with Gasteiger partial charge in [-0.25, -0.2) is 0 Å². The second kappa shape index (κ2) is 5.26. The fraction of sp³-hybridized carbons (Fsp3) is 0.333. The Kier molecular flexibility index (Phi) is 3.69. The molecule has 0 amide bonds. The van der Waals surface area contributed by atoms with Crippen LogP contribution in [0.1, 0.15) is 23.7 Å². The molecule has 0 spiro atoms. The van der Waals surface area contributed by atoms with E-state index in [9.17, 15) is 9.59 Å². The van der Waals surface area contributed by atoms with E-state index in [1.807, 2.05) is 42.1 Å². The SMILES string of the molecule is COC(=O)CC(C)C(=O)c1cn(C)c2ccccc12. The summed E-state index contributed by atoms with van der Waals surface area (Å²) in [5.41, 5.74) is 1.67. The van der Waals surface area contributed by atoms with Gasteiger partial charge in [0.15, 0.2) is 5.78 Å². The smallest absolute Gasteiger partial charge is 0.306 e. The molecule has 0 bridgehead atoms. The van der Waals surface area contributed by atoms with Gasteiger partial charge in [0.1, 0.15) is 0 Å². The number of carbonyl (C=O) groups is 2. The molecule has 1 heterocycles. The normalized spacial score (nSPS) is 12.4. The van der Waals surface area contributed by atoms with E-state index in [-0.39, 0.29) is 24.1 Å². The molecule has 0 aliphatic carbocycles. The highest BCUT2D eigenvalue weighted by atomic mass is 16.5. The Morgan fingerprint density at radius 3 is 2.68 bits per heavy atom. The summed E-state index contributed by atoms with van der Waals surface area (Å²) in [6.45, 7) is 1.75. The van der Waals surface area contributed by atoms with E-state index >= 15 is 0 Å². The van der Waals surface area contributed by atoms with Crippen molar-refractivity contribution in [3.63, 3.8) is 0 Å². The molecule has 4 heteroatoms. The zero-order chi connectivity index (χ0) is 14.0. The van der Waals surface area contributed by atoms with Gasteiger partial charge in [0, 0.05) is 35.6 Å². The lowest BCUT2D eigenvalue weighted by molar-refractivity contribution is -0.141. The van der Waals surface area contributed by atoms with Gasteiger partial charge in [-0.05, 0) is 6.07 Å². The fourth-order valence-corrected chi connectivity index (χ4v) is 2.23. The first-order chi connectivity index (χ1) is 9.04. The monoisotopic (exact) mass is 259 g/mol. The summed E-state index contributed by atoms with van der Waals surface area (Å²) < 4.78 is 6.53. The minimum absolute atomic E-state index is 0.0257. The number of esters is 1. The molecule has 1 atom stereocenters. The van der Waals surface area contributed by atoms with Crippen molar-refractivity contribution >= 4 is 22.7 Å². The number of rotatable bonds is 4. The van der Waals surface area contributed by atoms with E-state index in [1.165, 1.54) is 7.11 Å². The van der Waals surface area contributed by atoms with Crippen molar-refractivity contribution in [2.75, 3.05) is 7.11 Å². The minimum Gasteiger partial charge on any atom is -0.469 e. The number of aromatic nitrogens is 1. The zero-order valence-corrected chi connectivity index (χ0v) is 11.3. The van der Waals surface area contributed by atoms with Gasteiger partial charge in [0.05, 0.1) is 13.5 Å². The van der Waals surface area contributed by atoms with E-state index in [4.69, 9.17) is 0 Å². The molecule has 0 N–H and O–H groups in total. The number of hydrogen-bond donors (Lipinski definition) is 0. The van der Waals surface area contributed by atoms with E-state index in [2.05, 4.69) is 4.74 Å². The molecule has 1 aromatic heterocycles. The summed E-state index contributed by atoms with van der Waals surface area (Å²) in [6.07, 6.45) is 1.93. The maximum absolute atomic E-state index is 12.4. The number of carbonyl (C=O) groups excluding carboxylic acids is 2. The van der Waals surface area contributed by atoms with Crippen LogP contribution < -0.4 is 0 Å². The zero-order valence-electron chi connectivity index (χ0n) is 11.3. The van der Waals surface area contributed by atoms with Crippen LogP contribution in [0.5, 0.6) is 0 Å². The second-order valence-electron chi connectivity index (χ2n) is 4.72. The predicted molar refractivity (Wildman–Crippen MR) is 73.0 cm³/mol. The third-order valence-electron chi connectivity index (χ3n) is 3.31. The van der Waals surface area contributed by atoms with Gasteiger partial charge >= 0.3 is 5.97 Å². The highest BCUT2D eigenvalue weighted by Crippen LogP contribution is 2.23. The highest BCUT2D eigenvalue weighted by Gasteiger charge is 2.22. The van der Waals surface area contributed by atoms with Crippen molar-refractivity contribution in [3.05, 3.63) is 36.0 Å². The third kappa shape index (κ3) is 2.52. The van der Waals surface area contributed by atoms with Crippen LogP contribution in [-0.2, 0) is 16.6 Å². The number of hydrogen-bond acceptors (Lipinski definition) is 3. The van der Waals surface area contributed by atoms with Gasteiger partial charge in [0.2, 0.25) is 0 Å². The van der Waals surface area contributed by atoms with Gasteiger partial charge in [-0.15, -0.1) is 0 Å². The Morgan fingerprint density at radius 2 is 2.00 bits per heavy atom. The second-order valence-corrected chi connectivity index (χ2v) is 4.72. The van der Waals surface area contributed by atoms with E-state index in [1.54, 1.807) is 6.92 Å². The molecule has 4 nitrogen and oxygen atoms in total. The molecule has 0 aliphatic heterocycles. The summed E-state index contributed by atoms with van der Waals surface area (Å²) >= 11 is 0. The number of methoxy groups -OCH3 is 1. The number of ether oxygens (including phenoxy) is 1. The minimum atomic E-state index is -0.377. The Bertz CT molecular complexity index is 627. The van der Waals surface area contributed by atoms with Crippen molar-refractivity contribution in [3.8, 4) is 0 Å². The quantitative estimate of drug-likeness (QED) is 0.626. The van der Waals surface area contributed by atoms with Crippen molar-refractivity contribution in [1.29, 1.82) is 0 Å². The molecule has 1 aromatic carbocycles. The number of nitrogens with zero attached hydrogens (tertiary/aromatic N) is 1. The van der Waals surface area contributed by atoms with Crippen molar-refractivity contribution in [2.45, 2.75) is 13.3 Å². The molecule has 1 unspecified atom stereocenters. The first kappa shape index (κ1) is 13.3. The average Bonchev–Trinajstić information content (AvgIpc) is 2.75. The third-order valence-corrected chi connectivity index (χ3v) is 3.31. The van der Waals surface area contributed by atoms with Crippen LogP contribution in [-0.4, -0.2) is 23.4 Å². The molecule has 0 saturated heterocycles. The van der Waals surface area contributed by atoms with Crippen LogP contribution in [0.2, 0.25) is 0 Å². The molecule has 19 heavy (non-hydrogen) atoms. The summed E-state index contributed by atoms with van der Waals surface area (Å²) in [4.78, 5) is 23.6. The molecule has 0 radical (unpaired) electrons. The summed E-state index contributed by atoms with van der Waals surface area (Å²) in [6, 6.07) is 7.74. The molecule has 0 saturated carbocycles. The molecule has 2 aromatic rings. The van der Waals surface area contributed by atoms with Gasteiger partial charge in [0.25, 0.3) is 0 Å². The van der Waals surface area contributed by atoms with Crippen LogP contribution in [0.15, 0.2) is 30.5 Å². The maximum Gasteiger partial charge on any atom is 0.306 e. The molecule has 2 rings (SSSR count). The summed E-state index contributed by atoms with van der Waals surface area (Å²) in [5.74, 6) is -0.762. The Labute approximate surface area is 112 Å². The van der Waals surface area contributed by atoms with Crippen molar-refractivity contribution in [1.82, 2.24) is 4.57 Å². The number of fused-ring (bicyclic) bond motifs is 1. The standard InChI is InChI=1S/C15H17NO3/c1-10(8-14(17)19-3)15(18)12-9-16(2)13-7-5-4-6-11(12)13/h4-7,9-10H,8H2,1-3H3. The molecule has 0 fully saturated rings. The van der Waals surface area contributed by atoms with E-state index < -0.39 is 0 Å². The van der Waals surface area contributed by atoms with Crippen molar-refractivity contribution < 1.29 is 14.3 Å². The first-order valence-electron chi connectivity index (χ1n) is 6.19. The number of Topliss-reactive ketones (excluding diaryl/α,β-unsaturated/α-hetero) is 1. The predicted octanol–water partition coefficient (Wildman–Crippen LogP) is 2.56. The fourth-order valence-electron chi connectivity index (χ4n) is 2.23. The lowest BCUT2D eigenvalue weighted by atomic mass is 9.96. The van der Waals surface area contributed by atoms with E-state index in [0.717, 1.165) is 10.9 Å². The largest absolute Gasteiger partial charge is 0.469 e. The van der Waals surface area contributed by atoms with Gasteiger partial charge in [-0.3, -0.25) is 9.59 Å².